The average molecular weight is 241 g/mol. The summed E-state index contributed by atoms with van der Waals surface area (Å²) < 4.78 is 0. The Morgan fingerprint density at radius 2 is 2.22 bits per heavy atom. The highest BCUT2D eigenvalue weighted by Gasteiger charge is 2.24. The van der Waals surface area contributed by atoms with Crippen LogP contribution in [0.5, 0.6) is 0 Å². The van der Waals surface area contributed by atoms with Crippen LogP contribution in [0, 0.1) is 12.8 Å². The molecule has 0 aromatic carbocycles. The Balaban J connectivity index is 2.01. The molecule has 1 saturated carbocycles. The molecule has 0 bridgehead atoms. The van der Waals surface area contributed by atoms with E-state index in [1.165, 1.54) is 12.8 Å². The van der Waals surface area contributed by atoms with Crippen LogP contribution >= 0.6 is 0 Å². The van der Waals surface area contributed by atoms with E-state index in [4.69, 9.17) is 0 Å². The van der Waals surface area contributed by atoms with Crippen molar-refractivity contribution in [2.24, 2.45) is 5.92 Å². The zero-order valence-electron chi connectivity index (χ0n) is 10.3. The first kappa shape index (κ1) is 11.1. The molecule has 4 nitrogen and oxygen atoms in total. The monoisotopic (exact) mass is 241 g/mol. The topological polar surface area (TPSA) is 58.6 Å². The van der Waals surface area contributed by atoms with Crippen LogP contribution in [-0.4, -0.2) is 15.0 Å². The molecule has 2 heterocycles. The van der Waals surface area contributed by atoms with Gasteiger partial charge in [-0.05, 0) is 44.2 Å². The Morgan fingerprint density at radius 3 is 2.83 bits per heavy atom. The number of pyridine rings is 1. The zero-order chi connectivity index (χ0) is 12.5. The summed E-state index contributed by atoms with van der Waals surface area (Å²) in [6.07, 6.45) is 5.03. The number of hydrogen-bond acceptors (Lipinski definition) is 3. The number of nitrogens with zero attached hydrogens (tertiary/aromatic N) is 2. The molecule has 1 aliphatic rings. The minimum Gasteiger partial charge on any atom is -0.305 e. The molecule has 0 unspecified atom stereocenters. The van der Waals surface area contributed by atoms with E-state index in [9.17, 15) is 4.79 Å². The molecule has 1 aliphatic carbocycles. The molecule has 1 fully saturated rings. The Hall–Kier alpha value is -1.97. The molecular formula is C14H15N3O. The maximum atomic E-state index is 12.1. The van der Waals surface area contributed by atoms with Crippen LogP contribution in [0.2, 0.25) is 0 Å². The summed E-state index contributed by atoms with van der Waals surface area (Å²) in [5, 5.41) is 0. The van der Waals surface area contributed by atoms with Gasteiger partial charge in [0.1, 0.15) is 5.69 Å². The molecule has 4 heteroatoms. The van der Waals surface area contributed by atoms with E-state index < -0.39 is 0 Å². The standard InChI is InChI=1S/C14H15N3O/c1-9-11(8-10-5-6-10)14(18)17-13(16-9)12-4-2-3-7-15-12/h2-4,7,10H,5-6,8H2,1H3,(H,16,17,18). The number of hydrogen-bond donors (Lipinski definition) is 1. The van der Waals surface area contributed by atoms with Crippen molar-refractivity contribution in [3.8, 4) is 11.5 Å². The first-order valence-corrected chi connectivity index (χ1v) is 6.25. The number of H-pyrrole nitrogens is 1. The Kier molecular flexibility index (Phi) is 2.70. The lowest BCUT2D eigenvalue weighted by molar-refractivity contribution is 0.799. The van der Waals surface area contributed by atoms with Gasteiger partial charge in [-0.3, -0.25) is 9.78 Å². The smallest absolute Gasteiger partial charge is 0.254 e. The van der Waals surface area contributed by atoms with E-state index in [-0.39, 0.29) is 5.56 Å². The maximum absolute atomic E-state index is 12.1. The third-order valence-corrected chi connectivity index (χ3v) is 3.32. The lowest BCUT2D eigenvalue weighted by Gasteiger charge is -2.06. The zero-order valence-corrected chi connectivity index (χ0v) is 10.3. The van der Waals surface area contributed by atoms with Crippen molar-refractivity contribution in [3.05, 3.63) is 46.0 Å². The predicted octanol–water partition coefficient (Wildman–Crippen LogP) is 2.09. The number of aromatic amines is 1. The van der Waals surface area contributed by atoms with Crippen LogP contribution in [0.3, 0.4) is 0 Å². The molecule has 2 aromatic heterocycles. The maximum Gasteiger partial charge on any atom is 0.254 e. The van der Waals surface area contributed by atoms with E-state index >= 15 is 0 Å². The second kappa shape index (κ2) is 4.37. The van der Waals surface area contributed by atoms with Crippen molar-refractivity contribution in [2.45, 2.75) is 26.2 Å². The van der Waals surface area contributed by atoms with Gasteiger partial charge in [0, 0.05) is 17.5 Å². The minimum absolute atomic E-state index is 0.0185. The van der Waals surface area contributed by atoms with Crippen molar-refractivity contribution >= 4 is 0 Å². The van der Waals surface area contributed by atoms with Gasteiger partial charge in [0.05, 0.1) is 0 Å². The van der Waals surface area contributed by atoms with Crippen LogP contribution in [0.15, 0.2) is 29.2 Å². The number of aromatic nitrogens is 3. The van der Waals surface area contributed by atoms with E-state index in [1.54, 1.807) is 6.20 Å². The summed E-state index contributed by atoms with van der Waals surface area (Å²) in [6, 6.07) is 5.57. The lowest BCUT2D eigenvalue weighted by Crippen LogP contribution is -2.18. The molecule has 0 atom stereocenters. The molecule has 2 aromatic rings. The number of nitrogens with one attached hydrogen (secondary N) is 1. The highest BCUT2D eigenvalue weighted by molar-refractivity contribution is 5.48. The second-order valence-corrected chi connectivity index (χ2v) is 4.84. The Morgan fingerprint density at radius 1 is 1.39 bits per heavy atom. The highest BCUT2D eigenvalue weighted by atomic mass is 16.1. The van der Waals surface area contributed by atoms with Crippen molar-refractivity contribution in [3.63, 3.8) is 0 Å². The van der Waals surface area contributed by atoms with Gasteiger partial charge in [0.15, 0.2) is 5.82 Å². The molecule has 0 spiro atoms. The second-order valence-electron chi connectivity index (χ2n) is 4.84. The molecular weight excluding hydrogens is 226 g/mol. The molecule has 0 saturated heterocycles. The minimum atomic E-state index is -0.0185. The Bertz CT molecular complexity index is 615. The molecule has 1 N–H and O–H groups in total. The molecule has 0 amide bonds. The summed E-state index contributed by atoms with van der Waals surface area (Å²) in [4.78, 5) is 23.6. The lowest BCUT2D eigenvalue weighted by atomic mass is 10.1. The van der Waals surface area contributed by atoms with Gasteiger partial charge in [-0.2, -0.15) is 0 Å². The third-order valence-electron chi connectivity index (χ3n) is 3.32. The summed E-state index contributed by atoms with van der Waals surface area (Å²) >= 11 is 0. The molecule has 92 valence electrons. The summed E-state index contributed by atoms with van der Waals surface area (Å²) in [7, 11) is 0. The summed E-state index contributed by atoms with van der Waals surface area (Å²) in [5.74, 6) is 1.24. The number of rotatable bonds is 3. The van der Waals surface area contributed by atoms with Crippen molar-refractivity contribution in [1.82, 2.24) is 15.0 Å². The van der Waals surface area contributed by atoms with Crippen LogP contribution in [0.4, 0.5) is 0 Å². The van der Waals surface area contributed by atoms with E-state index in [0.717, 1.165) is 17.7 Å². The third kappa shape index (κ3) is 2.18. The fourth-order valence-electron chi connectivity index (χ4n) is 2.09. The largest absolute Gasteiger partial charge is 0.305 e. The predicted molar refractivity (Wildman–Crippen MR) is 69.3 cm³/mol. The van der Waals surface area contributed by atoms with Gasteiger partial charge < -0.3 is 4.98 Å². The summed E-state index contributed by atoms with van der Waals surface area (Å²) in [5.41, 5.74) is 2.34. The van der Waals surface area contributed by atoms with Gasteiger partial charge in [-0.15, -0.1) is 0 Å². The first-order chi connectivity index (χ1) is 8.74. The molecule has 18 heavy (non-hydrogen) atoms. The highest BCUT2D eigenvalue weighted by Crippen LogP contribution is 2.32. The van der Waals surface area contributed by atoms with Crippen LogP contribution in [0.25, 0.3) is 11.5 Å². The van der Waals surface area contributed by atoms with E-state index in [0.29, 0.717) is 17.4 Å². The first-order valence-electron chi connectivity index (χ1n) is 6.25. The van der Waals surface area contributed by atoms with Gasteiger partial charge in [0.2, 0.25) is 0 Å². The SMILES string of the molecule is Cc1nc(-c2ccccn2)[nH]c(=O)c1CC1CC1. The van der Waals surface area contributed by atoms with E-state index in [1.807, 2.05) is 25.1 Å². The summed E-state index contributed by atoms with van der Waals surface area (Å²) in [6.45, 7) is 1.90. The van der Waals surface area contributed by atoms with Crippen LogP contribution in [0.1, 0.15) is 24.1 Å². The van der Waals surface area contributed by atoms with Crippen LogP contribution < -0.4 is 5.56 Å². The van der Waals surface area contributed by atoms with Gasteiger partial charge >= 0.3 is 0 Å². The fourth-order valence-corrected chi connectivity index (χ4v) is 2.09. The average Bonchev–Trinajstić information content (AvgIpc) is 3.18. The molecule has 0 aliphatic heterocycles. The van der Waals surface area contributed by atoms with Gasteiger partial charge in [-0.25, -0.2) is 4.98 Å². The molecule has 3 rings (SSSR count). The van der Waals surface area contributed by atoms with Crippen molar-refractivity contribution < 1.29 is 0 Å². The normalized spacial score (nSPS) is 14.7. The number of aryl methyl sites for hydroxylation is 1. The van der Waals surface area contributed by atoms with E-state index in [2.05, 4.69) is 15.0 Å². The molecule has 0 radical (unpaired) electrons. The van der Waals surface area contributed by atoms with Crippen LogP contribution in [-0.2, 0) is 6.42 Å². The van der Waals surface area contributed by atoms with Crippen molar-refractivity contribution in [2.75, 3.05) is 0 Å². The Labute approximate surface area is 105 Å². The fraction of sp³-hybridized carbons (Fsp3) is 0.357. The van der Waals surface area contributed by atoms with Gasteiger partial charge in [0.25, 0.3) is 5.56 Å². The van der Waals surface area contributed by atoms with Crippen molar-refractivity contribution in [1.29, 1.82) is 0 Å². The quantitative estimate of drug-likeness (QED) is 0.895. The van der Waals surface area contributed by atoms with Gasteiger partial charge in [-0.1, -0.05) is 6.07 Å².